The number of hydrogen-bond donors (Lipinski definition) is 1. The van der Waals surface area contributed by atoms with Gasteiger partial charge < -0.3 is 9.52 Å². The molecule has 0 aromatic carbocycles. The van der Waals surface area contributed by atoms with Gasteiger partial charge in [-0.2, -0.15) is 0 Å². The lowest BCUT2D eigenvalue weighted by Gasteiger charge is -1.93. The predicted octanol–water partition coefficient (Wildman–Crippen LogP) is 2.04. The van der Waals surface area contributed by atoms with Crippen molar-refractivity contribution in [3.05, 3.63) is 42.4 Å². The number of carbonyl (C=O) groups is 1. The van der Waals surface area contributed by atoms with Crippen molar-refractivity contribution in [1.29, 1.82) is 0 Å². The van der Waals surface area contributed by atoms with Gasteiger partial charge >= 0.3 is 5.97 Å². The second kappa shape index (κ2) is 3.33. The van der Waals surface area contributed by atoms with Crippen molar-refractivity contribution in [2.75, 3.05) is 0 Å². The molecule has 0 spiro atoms. The fourth-order valence-corrected chi connectivity index (χ4v) is 1.12. The van der Waals surface area contributed by atoms with Crippen molar-refractivity contribution in [3.8, 4) is 11.3 Å². The highest BCUT2D eigenvalue weighted by Gasteiger charge is 2.09. The summed E-state index contributed by atoms with van der Waals surface area (Å²) in [7, 11) is 0. The van der Waals surface area contributed by atoms with Crippen LogP contribution in [0.2, 0.25) is 0 Å². The van der Waals surface area contributed by atoms with E-state index in [9.17, 15) is 4.79 Å². The molecule has 1 N–H and O–H groups in total. The number of carboxylic acid groups (broad SMARTS) is 1. The number of aromatic carboxylic acids is 1. The summed E-state index contributed by atoms with van der Waals surface area (Å²) in [5.74, 6) is -0.625. The molecule has 0 aliphatic rings. The Morgan fingerprint density at radius 2 is 2.21 bits per heavy atom. The van der Waals surface area contributed by atoms with E-state index in [1.165, 1.54) is 6.07 Å². The van der Waals surface area contributed by atoms with Gasteiger partial charge in [0.05, 0.1) is 0 Å². The van der Waals surface area contributed by atoms with Crippen LogP contribution in [0.1, 0.15) is 10.6 Å². The molecule has 4 nitrogen and oxygen atoms in total. The third-order valence-corrected chi connectivity index (χ3v) is 1.76. The zero-order valence-electron chi connectivity index (χ0n) is 7.18. The summed E-state index contributed by atoms with van der Waals surface area (Å²) >= 11 is 0. The van der Waals surface area contributed by atoms with Crippen LogP contribution in [-0.4, -0.2) is 16.1 Å². The standard InChI is InChI=1S/C10H7NO3/c12-10(13)9-4-3-8(14-9)7-2-1-5-11-6-7/h1-6H,(H,12,13). The van der Waals surface area contributed by atoms with Crippen molar-refractivity contribution >= 4 is 5.97 Å². The van der Waals surface area contributed by atoms with Gasteiger partial charge in [-0.1, -0.05) is 0 Å². The maximum absolute atomic E-state index is 10.5. The van der Waals surface area contributed by atoms with E-state index < -0.39 is 5.97 Å². The lowest BCUT2D eigenvalue weighted by Crippen LogP contribution is -1.91. The molecule has 0 unspecified atom stereocenters. The zero-order chi connectivity index (χ0) is 9.97. The molecule has 0 aliphatic carbocycles. The molecular weight excluding hydrogens is 182 g/mol. The molecule has 0 atom stereocenters. The molecule has 0 saturated carbocycles. The van der Waals surface area contributed by atoms with Gasteiger partial charge in [-0.25, -0.2) is 4.79 Å². The molecule has 0 fully saturated rings. The number of aromatic nitrogens is 1. The predicted molar refractivity (Wildman–Crippen MR) is 48.9 cm³/mol. The van der Waals surface area contributed by atoms with Crippen molar-refractivity contribution in [1.82, 2.24) is 4.98 Å². The van der Waals surface area contributed by atoms with Gasteiger partial charge in [0.15, 0.2) is 0 Å². The van der Waals surface area contributed by atoms with E-state index in [1.54, 1.807) is 30.6 Å². The molecule has 0 radical (unpaired) electrons. The van der Waals surface area contributed by atoms with Crippen LogP contribution in [0.5, 0.6) is 0 Å². The minimum absolute atomic E-state index is 0.0659. The first-order chi connectivity index (χ1) is 6.77. The number of furan rings is 1. The Kier molecular flexibility index (Phi) is 2.02. The van der Waals surface area contributed by atoms with E-state index in [0.29, 0.717) is 5.76 Å². The van der Waals surface area contributed by atoms with Gasteiger partial charge in [0.2, 0.25) is 5.76 Å². The fourth-order valence-electron chi connectivity index (χ4n) is 1.12. The highest BCUT2D eigenvalue weighted by atomic mass is 16.4. The van der Waals surface area contributed by atoms with Crippen LogP contribution in [-0.2, 0) is 0 Å². The smallest absolute Gasteiger partial charge is 0.371 e. The molecule has 0 bridgehead atoms. The molecule has 2 aromatic heterocycles. The SMILES string of the molecule is O=C(O)c1ccc(-c2cccnc2)o1. The largest absolute Gasteiger partial charge is 0.475 e. The summed E-state index contributed by atoms with van der Waals surface area (Å²) in [6.07, 6.45) is 3.26. The van der Waals surface area contributed by atoms with Gasteiger partial charge in [0.25, 0.3) is 0 Å². The minimum Gasteiger partial charge on any atom is -0.475 e. The normalized spacial score (nSPS) is 10.0. The van der Waals surface area contributed by atoms with E-state index in [-0.39, 0.29) is 5.76 Å². The number of rotatable bonds is 2. The lowest BCUT2D eigenvalue weighted by atomic mass is 10.2. The Bertz CT molecular complexity index is 447. The second-order valence-corrected chi connectivity index (χ2v) is 2.71. The zero-order valence-corrected chi connectivity index (χ0v) is 7.18. The molecule has 2 heterocycles. The Morgan fingerprint density at radius 3 is 2.79 bits per heavy atom. The van der Waals surface area contributed by atoms with Gasteiger partial charge in [-0.3, -0.25) is 4.98 Å². The molecule has 2 aromatic rings. The lowest BCUT2D eigenvalue weighted by molar-refractivity contribution is 0.0663. The number of hydrogen-bond acceptors (Lipinski definition) is 3. The van der Waals surface area contributed by atoms with Crippen molar-refractivity contribution in [3.63, 3.8) is 0 Å². The first kappa shape index (κ1) is 8.50. The number of pyridine rings is 1. The summed E-state index contributed by atoms with van der Waals surface area (Å²) in [5, 5.41) is 8.64. The molecule has 0 aliphatic heterocycles. The molecule has 70 valence electrons. The van der Waals surface area contributed by atoms with E-state index in [0.717, 1.165) is 5.56 Å². The van der Waals surface area contributed by atoms with Crippen LogP contribution in [0, 0.1) is 0 Å². The average molecular weight is 189 g/mol. The summed E-state index contributed by atoms with van der Waals surface area (Å²) in [6, 6.07) is 6.60. The van der Waals surface area contributed by atoms with Crippen LogP contribution in [0.25, 0.3) is 11.3 Å². The van der Waals surface area contributed by atoms with Crippen LogP contribution in [0.15, 0.2) is 41.1 Å². The van der Waals surface area contributed by atoms with Gasteiger partial charge in [0, 0.05) is 18.0 Å². The van der Waals surface area contributed by atoms with E-state index in [1.807, 2.05) is 0 Å². The van der Waals surface area contributed by atoms with Crippen LogP contribution >= 0.6 is 0 Å². The average Bonchev–Trinajstić information content (AvgIpc) is 2.68. The van der Waals surface area contributed by atoms with Crippen LogP contribution in [0.4, 0.5) is 0 Å². The highest BCUT2D eigenvalue weighted by molar-refractivity contribution is 5.85. The Hall–Kier alpha value is -2.10. The van der Waals surface area contributed by atoms with Crippen LogP contribution < -0.4 is 0 Å². The summed E-state index contributed by atoms with van der Waals surface area (Å²) < 4.78 is 5.09. The second-order valence-electron chi connectivity index (χ2n) is 2.71. The summed E-state index contributed by atoms with van der Waals surface area (Å²) in [6.45, 7) is 0. The van der Waals surface area contributed by atoms with Gasteiger partial charge in [-0.15, -0.1) is 0 Å². The number of carboxylic acids is 1. The minimum atomic E-state index is -1.07. The Balaban J connectivity index is 2.39. The summed E-state index contributed by atoms with van der Waals surface area (Å²) in [4.78, 5) is 14.4. The van der Waals surface area contributed by atoms with Crippen molar-refractivity contribution in [2.45, 2.75) is 0 Å². The number of nitrogens with zero attached hydrogens (tertiary/aromatic N) is 1. The topological polar surface area (TPSA) is 63.3 Å². The maximum atomic E-state index is 10.5. The Labute approximate surface area is 79.8 Å². The highest BCUT2D eigenvalue weighted by Crippen LogP contribution is 2.20. The first-order valence-electron chi connectivity index (χ1n) is 4.01. The van der Waals surface area contributed by atoms with Crippen molar-refractivity contribution < 1.29 is 14.3 Å². The van der Waals surface area contributed by atoms with Gasteiger partial charge in [-0.05, 0) is 24.3 Å². The van der Waals surface area contributed by atoms with E-state index in [4.69, 9.17) is 9.52 Å². The van der Waals surface area contributed by atoms with Crippen LogP contribution in [0.3, 0.4) is 0 Å². The van der Waals surface area contributed by atoms with Gasteiger partial charge in [0.1, 0.15) is 5.76 Å². The maximum Gasteiger partial charge on any atom is 0.371 e. The third-order valence-electron chi connectivity index (χ3n) is 1.76. The fraction of sp³-hybridized carbons (Fsp3) is 0. The summed E-state index contributed by atoms with van der Waals surface area (Å²) in [5.41, 5.74) is 0.764. The first-order valence-corrected chi connectivity index (χ1v) is 4.01. The van der Waals surface area contributed by atoms with E-state index in [2.05, 4.69) is 4.98 Å². The Morgan fingerprint density at radius 1 is 1.36 bits per heavy atom. The molecule has 2 rings (SSSR count). The molecular formula is C10H7NO3. The van der Waals surface area contributed by atoms with Crippen molar-refractivity contribution in [2.24, 2.45) is 0 Å². The molecule has 0 saturated heterocycles. The van der Waals surface area contributed by atoms with E-state index >= 15 is 0 Å². The molecule has 4 heteroatoms. The quantitative estimate of drug-likeness (QED) is 0.785. The molecule has 0 amide bonds. The third kappa shape index (κ3) is 1.50. The molecule has 14 heavy (non-hydrogen) atoms. The monoisotopic (exact) mass is 189 g/mol.